The molecule has 0 aliphatic carbocycles. The zero-order valence-corrected chi connectivity index (χ0v) is 23.2. The maximum atomic E-state index is 13.7. The highest BCUT2D eigenvalue weighted by atomic mass is 35.5. The van der Waals surface area contributed by atoms with E-state index < -0.39 is 0 Å². The molecule has 198 valence electrons. The van der Waals surface area contributed by atoms with Crippen LogP contribution >= 0.6 is 23.4 Å². The number of piperazine rings is 1. The number of benzene rings is 3. The molecule has 4 aromatic rings. The fourth-order valence-electron chi connectivity index (χ4n) is 5.20. The molecule has 6 nitrogen and oxygen atoms in total. The van der Waals surface area contributed by atoms with Gasteiger partial charge >= 0.3 is 6.03 Å². The lowest BCUT2D eigenvalue weighted by atomic mass is 10.2. The Morgan fingerprint density at radius 3 is 2.15 bits per heavy atom. The Labute approximate surface area is 238 Å². The lowest BCUT2D eigenvalue weighted by Crippen LogP contribution is -2.52. The van der Waals surface area contributed by atoms with Crippen molar-refractivity contribution in [1.82, 2.24) is 14.8 Å². The third-order valence-electron chi connectivity index (χ3n) is 7.15. The van der Waals surface area contributed by atoms with E-state index in [2.05, 4.69) is 39.0 Å². The predicted octanol–water partition coefficient (Wildman–Crippen LogP) is 7.30. The Morgan fingerprint density at radius 1 is 0.821 bits per heavy atom. The lowest BCUT2D eigenvalue weighted by molar-refractivity contribution is 0.144. The average molecular weight is 556 g/mol. The van der Waals surface area contributed by atoms with Gasteiger partial charge in [0.25, 0.3) is 0 Å². The first-order valence-corrected chi connectivity index (χ1v) is 14.5. The first kappa shape index (κ1) is 25.7. The molecule has 1 fully saturated rings. The number of hydrogen-bond donors (Lipinski definition) is 0. The molecule has 6 rings (SSSR count). The summed E-state index contributed by atoms with van der Waals surface area (Å²) in [5.74, 6) is 0.973. The number of hydrogen-bond acceptors (Lipinski definition) is 5. The molecule has 0 radical (unpaired) electrons. The van der Waals surface area contributed by atoms with Gasteiger partial charge in [-0.25, -0.2) is 9.78 Å². The topological polar surface area (TPSA) is 42.9 Å². The molecule has 0 atom stereocenters. The quantitative estimate of drug-likeness (QED) is 0.250. The zero-order chi connectivity index (χ0) is 26.6. The van der Waals surface area contributed by atoms with Crippen molar-refractivity contribution in [2.45, 2.75) is 16.2 Å². The maximum absolute atomic E-state index is 13.7. The summed E-state index contributed by atoms with van der Waals surface area (Å²) >= 11 is 7.97. The second kappa shape index (κ2) is 11.7. The molecule has 0 N–H and O–H groups in total. The Kier molecular flexibility index (Phi) is 7.72. The highest BCUT2D eigenvalue weighted by molar-refractivity contribution is 7.99. The SMILES string of the molecule is O=C(N1CCN(CCCN2c3ccccc3Sc3cc(Cl)cnc32)CC1)N(c1ccccc1)c1ccccc1. The van der Waals surface area contributed by atoms with Gasteiger partial charge < -0.3 is 9.80 Å². The number of rotatable bonds is 6. The van der Waals surface area contributed by atoms with E-state index >= 15 is 0 Å². The van der Waals surface area contributed by atoms with E-state index in [-0.39, 0.29) is 6.03 Å². The van der Waals surface area contributed by atoms with Crippen LogP contribution < -0.4 is 9.80 Å². The fourth-order valence-corrected chi connectivity index (χ4v) is 6.53. The molecule has 0 saturated carbocycles. The number of halogens is 1. The van der Waals surface area contributed by atoms with Gasteiger partial charge in [0, 0.05) is 43.8 Å². The molecule has 0 spiro atoms. The van der Waals surface area contributed by atoms with Crippen molar-refractivity contribution in [3.8, 4) is 0 Å². The van der Waals surface area contributed by atoms with Crippen LogP contribution in [0.25, 0.3) is 0 Å². The van der Waals surface area contributed by atoms with E-state index in [9.17, 15) is 4.79 Å². The summed E-state index contributed by atoms with van der Waals surface area (Å²) in [6.07, 6.45) is 2.73. The number of aromatic nitrogens is 1. The van der Waals surface area contributed by atoms with Crippen molar-refractivity contribution in [2.75, 3.05) is 49.1 Å². The third-order valence-corrected chi connectivity index (χ3v) is 8.44. The van der Waals surface area contributed by atoms with Crippen molar-refractivity contribution in [2.24, 2.45) is 0 Å². The van der Waals surface area contributed by atoms with E-state index in [0.29, 0.717) is 18.1 Å². The molecule has 0 unspecified atom stereocenters. The minimum absolute atomic E-state index is 0.0239. The Bertz CT molecular complexity index is 1390. The molecule has 39 heavy (non-hydrogen) atoms. The van der Waals surface area contributed by atoms with Gasteiger partial charge in [0.15, 0.2) is 0 Å². The molecule has 0 bridgehead atoms. The number of pyridine rings is 1. The number of carbonyl (C=O) groups excluding carboxylic acids is 1. The smallest absolute Gasteiger partial charge is 0.324 e. The van der Waals surface area contributed by atoms with Crippen LogP contribution in [0.3, 0.4) is 0 Å². The van der Waals surface area contributed by atoms with Gasteiger partial charge in [-0.1, -0.05) is 71.9 Å². The van der Waals surface area contributed by atoms with Crippen molar-refractivity contribution in [1.29, 1.82) is 0 Å². The number of amides is 2. The van der Waals surface area contributed by atoms with Crippen molar-refractivity contribution in [3.63, 3.8) is 0 Å². The van der Waals surface area contributed by atoms with Crippen molar-refractivity contribution < 1.29 is 4.79 Å². The molecule has 3 aromatic carbocycles. The van der Waals surface area contributed by atoms with E-state index in [1.54, 1.807) is 18.0 Å². The van der Waals surface area contributed by atoms with E-state index in [0.717, 1.165) is 54.7 Å². The molecule has 1 aromatic heterocycles. The van der Waals surface area contributed by atoms with Crippen LogP contribution in [0.2, 0.25) is 5.02 Å². The highest BCUT2D eigenvalue weighted by Crippen LogP contribution is 2.47. The summed E-state index contributed by atoms with van der Waals surface area (Å²) in [5, 5.41) is 0.658. The van der Waals surface area contributed by atoms with Crippen molar-refractivity contribution in [3.05, 3.63) is 102 Å². The Balaban J connectivity index is 1.08. The van der Waals surface area contributed by atoms with Crippen LogP contribution in [0.4, 0.5) is 27.7 Å². The molecule has 2 aliphatic rings. The minimum Gasteiger partial charge on any atom is -0.324 e. The van der Waals surface area contributed by atoms with Crippen molar-refractivity contribution >= 4 is 52.3 Å². The Morgan fingerprint density at radius 2 is 1.46 bits per heavy atom. The van der Waals surface area contributed by atoms with Crippen LogP contribution in [0.15, 0.2) is 107 Å². The summed E-state index contributed by atoms with van der Waals surface area (Å²) < 4.78 is 0. The monoisotopic (exact) mass is 555 g/mol. The molecule has 2 aliphatic heterocycles. The van der Waals surface area contributed by atoms with E-state index in [4.69, 9.17) is 11.6 Å². The summed E-state index contributed by atoms with van der Waals surface area (Å²) in [6, 6.07) is 30.3. The number of nitrogens with zero attached hydrogens (tertiary/aromatic N) is 5. The van der Waals surface area contributed by atoms with Crippen LogP contribution in [0, 0.1) is 0 Å². The van der Waals surface area contributed by atoms with Crippen LogP contribution in [-0.4, -0.2) is 60.1 Å². The summed E-state index contributed by atoms with van der Waals surface area (Å²) in [5.41, 5.74) is 2.96. The molecular weight excluding hydrogens is 526 g/mol. The summed E-state index contributed by atoms with van der Waals surface area (Å²) in [4.78, 5) is 29.2. The number of urea groups is 1. The number of fused-ring (bicyclic) bond motifs is 2. The van der Waals surface area contributed by atoms with E-state index in [1.807, 2.05) is 76.5 Å². The predicted molar refractivity (Wildman–Crippen MR) is 160 cm³/mol. The van der Waals surface area contributed by atoms with Gasteiger partial charge in [-0.3, -0.25) is 9.80 Å². The average Bonchev–Trinajstić information content (AvgIpc) is 2.98. The first-order valence-electron chi connectivity index (χ1n) is 13.3. The first-order chi connectivity index (χ1) is 19.2. The van der Waals surface area contributed by atoms with Gasteiger partial charge in [-0.05, 0) is 55.4 Å². The van der Waals surface area contributed by atoms with Gasteiger partial charge in [0.05, 0.1) is 27.0 Å². The van der Waals surface area contributed by atoms with E-state index in [1.165, 1.54) is 10.6 Å². The van der Waals surface area contributed by atoms with Gasteiger partial charge in [-0.2, -0.15) is 0 Å². The largest absolute Gasteiger partial charge is 0.329 e. The standard InChI is InChI=1S/C31H30ClN5OS/c32-24-22-29-30(33-23-24)36(27-14-7-8-15-28(27)39-29)17-9-16-34-18-20-35(21-19-34)31(38)37(25-10-3-1-4-11-25)26-12-5-2-6-13-26/h1-8,10-15,22-23H,9,16-21H2. The molecule has 8 heteroatoms. The fraction of sp³-hybridized carbons (Fsp3) is 0.226. The number of anilines is 4. The van der Waals surface area contributed by atoms with Crippen LogP contribution in [0.1, 0.15) is 6.42 Å². The van der Waals surface area contributed by atoms with Gasteiger partial charge in [-0.15, -0.1) is 0 Å². The molecule has 1 saturated heterocycles. The summed E-state index contributed by atoms with van der Waals surface area (Å²) in [6.45, 7) is 4.98. The normalized spacial score (nSPS) is 15.0. The molecular formula is C31H30ClN5OS. The second-order valence-corrected chi connectivity index (χ2v) is 11.2. The maximum Gasteiger partial charge on any atom is 0.329 e. The molecule has 3 heterocycles. The van der Waals surface area contributed by atoms with Crippen LogP contribution in [-0.2, 0) is 0 Å². The minimum atomic E-state index is 0.0239. The van der Waals surface area contributed by atoms with Gasteiger partial charge in [0.2, 0.25) is 0 Å². The number of para-hydroxylation sites is 3. The Hall–Kier alpha value is -3.52. The lowest BCUT2D eigenvalue weighted by Gasteiger charge is -2.38. The van der Waals surface area contributed by atoms with Crippen LogP contribution in [0.5, 0.6) is 0 Å². The highest BCUT2D eigenvalue weighted by Gasteiger charge is 2.28. The molecule has 2 amide bonds. The summed E-state index contributed by atoms with van der Waals surface area (Å²) in [7, 11) is 0. The second-order valence-electron chi connectivity index (χ2n) is 9.67. The zero-order valence-electron chi connectivity index (χ0n) is 21.6. The van der Waals surface area contributed by atoms with Gasteiger partial charge in [0.1, 0.15) is 5.82 Å². The number of carbonyl (C=O) groups is 1. The third kappa shape index (κ3) is 5.62.